The Labute approximate surface area is 245 Å². The molecule has 2 aliphatic heterocycles. The zero-order valence-electron chi connectivity index (χ0n) is 23.9. The number of fused-ring (bicyclic) bond motifs is 1. The molecule has 11 nitrogen and oxygen atoms in total. The van der Waals surface area contributed by atoms with Crippen LogP contribution in [-0.2, 0) is 28.4 Å². The minimum absolute atomic E-state index is 0.111. The van der Waals surface area contributed by atoms with E-state index in [1.165, 1.54) is 16.4 Å². The Morgan fingerprint density at radius 1 is 0.929 bits per heavy atom. The number of nitrogens with one attached hydrogen (secondary N) is 1. The van der Waals surface area contributed by atoms with Gasteiger partial charge in [-0.15, -0.1) is 0 Å². The second-order valence-electron chi connectivity index (χ2n) is 10.8. The molecule has 0 radical (unpaired) electrons. The summed E-state index contributed by atoms with van der Waals surface area (Å²) in [6.45, 7) is 6.23. The maximum absolute atomic E-state index is 13.2. The van der Waals surface area contributed by atoms with Gasteiger partial charge in [-0.2, -0.15) is 9.40 Å². The van der Waals surface area contributed by atoms with Crippen molar-refractivity contribution in [2.24, 2.45) is 7.05 Å². The number of rotatable bonds is 7. The summed E-state index contributed by atoms with van der Waals surface area (Å²) in [4.78, 5) is 22.2. The lowest BCUT2D eigenvalue weighted by atomic mass is 10.0. The lowest BCUT2D eigenvalue weighted by molar-refractivity contribution is 0.0332. The van der Waals surface area contributed by atoms with Crippen molar-refractivity contribution in [2.45, 2.75) is 11.4 Å². The number of piperazine rings is 1. The average Bonchev–Trinajstić information content (AvgIpc) is 3.37. The van der Waals surface area contributed by atoms with Gasteiger partial charge >= 0.3 is 0 Å². The highest BCUT2D eigenvalue weighted by Crippen LogP contribution is 2.29. The van der Waals surface area contributed by atoms with Crippen molar-refractivity contribution in [1.29, 1.82) is 0 Å². The first-order chi connectivity index (χ1) is 20.3. The van der Waals surface area contributed by atoms with Gasteiger partial charge < -0.3 is 15.0 Å². The van der Waals surface area contributed by atoms with E-state index in [1.807, 2.05) is 37.1 Å². The minimum Gasteiger partial charge on any atom is -0.379 e. The van der Waals surface area contributed by atoms with Crippen LogP contribution in [0.4, 0.5) is 5.82 Å². The number of pyridine rings is 1. The summed E-state index contributed by atoms with van der Waals surface area (Å²) in [6, 6.07) is 14.2. The van der Waals surface area contributed by atoms with Crippen molar-refractivity contribution >= 4 is 32.5 Å². The van der Waals surface area contributed by atoms with E-state index in [0.717, 1.165) is 60.4 Å². The molecule has 0 unspecified atom stereocenters. The molecule has 2 aromatic carbocycles. The molecule has 42 heavy (non-hydrogen) atoms. The number of ether oxygens (including phenoxy) is 1. The number of hydrogen-bond acceptors (Lipinski definition) is 8. The third kappa shape index (κ3) is 5.94. The van der Waals surface area contributed by atoms with Crippen LogP contribution in [0.1, 0.15) is 16.1 Å². The number of hydrogen-bond donors (Lipinski definition) is 1. The minimum atomic E-state index is -3.69. The standard InChI is InChI=1S/C30H35N7O4S/c1-34-8-10-37(11-9-34)42(39,40)26-5-3-4-23(17-26)30(38)33-29-18-25-16-22(6-7-24(25)19-31-29)27-20-32-35(2)28(27)21-36-12-14-41-15-13-36/h3-7,16-20H,8-15,21H2,1-2H3,(H,31,33,38). The van der Waals surface area contributed by atoms with Gasteiger partial charge in [-0.05, 0) is 48.3 Å². The Bertz CT molecular complexity index is 1710. The van der Waals surface area contributed by atoms with Gasteiger partial charge in [0.25, 0.3) is 5.91 Å². The Morgan fingerprint density at radius 2 is 1.71 bits per heavy atom. The third-order valence-corrected chi connectivity index (χ3v) is 9.90. The molecule has 2 saturated heterocycles. The predicted molar refractivity (Wildman–Crippen MR) is 161 cm³/mol. The van der Waals surface area contributed by atoms with E-state index in [-0.39, 0.29) is 10.5 Å². The smallest absolute Gasteiger partial charge is 0.256 e. The van der Waals surface area contributed by atoms with Gasteiger partial charge in [0.05, 0.1) is 30.0 Å². The van der Waals surface area contributed by atoms with Crippen LogP contribution in [0.3, 0.4) is 0 Å². The number of sulfonamides is 1. The molecule has 4 aromatic rings. The maximum atomic E-state index is 13.2. The Balaban J connectivity index is 1.21. The second kappa shape index (κ2) is 11.9. The zero-order chi connectivity index (χ0) is 29.3. The number of morpholine rings is 1. The molecular formula is C30H35N7O4S. The topological polar surface area (TPSA) is 113 Å². The van der Waals surface area contributed by atoms with Crippen molar-refractivity contribution in [3.63, 3.8) is 0 Å². The molecule has 0 atom stereocenters. The number of anilines is 1. The number of benzene rings is 2. The largest absolute Gasteiger partial charge is 0.379 e. The first-order valence-corrected chi connectivity index (χ1v) is 15.5. The van der Waals surface area contributed by atoms with Gasteiger partial charge in [0.2, 0.25) is 10.0 Å². The third-order valence-electron chi connectivity index (χ3n) is 8.01. The lowest BCUT2D eigenvalue weighted by Gasteiger charge is -2.31. The van der Waals surface area contributed by atoms with E-state index in [0.29, 0.717) is 32.0 Å². The first kappa shape index (κ1) is 28.4. The number of carbonyl (C=O) groups excluding carboxylic acids is 1. The van der Waals surface area contributed by atoms with Gasteiger partial charge in [-0.3, -0.25) is 14.4 Å². The van der Waals surface area contributed by atoms with Crippen LogP contribution >= 0.6 is 0 Å². The van der Waals surface area contributed by atoms with Crippen molar-refractivity contribution < 1.29 is 17.9 Å². The van der Waals surface area contributed by atoms with E-state index >= 15 is 0 Å². The molecule has 0 aliphatic carbocycles. The molecule has 1 amide bonds. The van der Waals surface area contributed by atoms with Crippen LogP contribution in [0.5, 0.6) is 0 Å². The molecule has 2 fully saturated rings. The molecule has 4 heterocycles. The van der Waals surface area contributed by atoms with E-state index in [1.54, 1.807) is 18.3 Å². The summed E-state index contributed by atoms with van der Waals surface area (Å²) in [6.07, 6.45) is 3.62. The highest BCUT2D eigenvalue weighted by Gasteiger charge is 2.28. The number of likely N-dealkylation sites (N-methyl/N-ethyl adjacent to an activating group) is 1. The quantitative estimate of drug-likeness (QED) is 0.350. The second-order valence-corrected chi connectivity index (χ2v) is 12.8. The van der Waals surface area contributed by atoms with Crippen LogP contribution in [0.2, 0.25) is 0 Å². The van der Waals surface area contributed by atoms with Crippen LogP contribution in [0, 0.1) is 0 Å². The number of aryl methyl sites for hydroxylation is 1. The van der Waals surface area contributed by atoms with Crippen LogP contribution in [0.15, 0.2) is 65.8 Å². The molecule has 0 spiro atoms. The van der Waals surface area contributed by atoms with E-state index < -0.39 is 15.9 Å². The van der Waals surface area contributed by atoms with Crippen LogP contribution in [0.25, 0.3) is 21.9 Å². The number of carbonyl (C=O) groups is 1. The molecule has 6 rings (SSSR count). The summed E-state index contributed by atoms with van der Waals surface area (Å²) >= 11 is 0. The molecule has 2 aliphatic rings. The summed E-state index contributed by atoms with van der Waals surface area (Å²) in [7, 11) is 0.242. The van der Waals surface area contributed by atoms with Gasteiger partial charge in [0.1, 0.15) is 5.82 Å². The lowest BCUT2D eigenvalue weighted by Crippen LogP contribution is -2.47. The molecule has 220 valence electrons. The average molecular weight is 590 g/mol. The predicted octanol–water partition coefficient (Wildman–Crippen LogP) is 2.66. The Morgan fingerprint density at radius 3 is 2.50 bits per heavy atom. The molecule has 2 aromatic heterocycles. The first-order valence-electron chi connectivity index (χ1n) is 14.1. The Hall–Kier alpha value is -3.68. The van der Waals surface area contributed by atoms with Gasteiger partial charge in [-0.25, -0.2) is 13.4 Å². The number of amides is 1. The summed E-state index contributed by atoms with van der Waals surface area (Å²) in [5.41, 5.74) is 3.48. The van der Waals surface area contributed by atoms with E-state index in [9.17, 15) is 13.2 Å². The molecule has 1 N–H and O–H groups in total. The zero-order valence-corrected chi connectivity index (χ0v) is 24.7. The highest BCUT2D eigenvalue weighted by atomic mass is 32.2. The van der Waals surface area contributed by atoms with Gasteiger partial charge in [-0.1, -0.05) is 18.2 Å². The normalized spacial score (nSPS) is 17.5. The fraction of sp³-hybridized carbons (Fsp3) is 0.367. The fourth-order valence-corrected chi connectivity index (χ4v) is 6.87. The Kier molecular flexibility index (Phi) is 8.06. The van der Waals surface area contributed by atoms with Crippen molar-refractivity contribution in [2.75, 3.05) is 64.8 Å². The number of nitrogens with zero attached hydrogens (tertiary/aromatic N) is 6. The van der Waals surface area contributed by atoms with Crippen LogP contribution < -0.4 is 5.32 Å². The van der Waals surface area contributed by atoms with Crippen molar-refractivity contribution in [3.8, 4) is 11.1 Å². The summed E-state index contributed by atoms with van der Waals surface area (Å²) in [5, 5.41) is 9.23. The number of aromatic nitrogens is 3. The van der Waals surface area contributed by atoms with E-state index in [4.69, 9.17) is 4.74 Å². The molecule has 0 bridgehead atoms. The SMILES string of the molecule is CN1CCN(S(=O)(=O)c2cccc(C(=O)Nc3cc4cc(-c5cnn(C)c5CN5CCOCC5)ccc4cn3)c2)CC1. The van der Waals surface area contributed by atoms with Crippen LogP contribution in [-0.4, -0.2) is 103 Å². The van der Waals surface area contributed by atoms with Gasteiger partial charge in [0.15, 0.2) is 0 Å². The maximum Gasteiger partial charge on any atom is 0.256 e. The monoisotopic (exact) mass is 589 g/mol. The molecule has 0 saturated carbocycles. The van der Waals surface area contributed by atoms with Gasteiger partial charge in [0, 0.05) is 75.6 Å². The van der Waals surface area contributed by atoms with E-state index in [2.05, 4.69) is 37.3 Å². The molecular weight excluding hydrogens is 554 g/mol. The molecule has 12 heteroatoms. The summed E-state index contributed by atoms with van der Waals surface area (Å²) < 4.78 is 35.3. The van der Waals surface area contributed by atoms with Crippen molar-refractivity contribution in [3.05, 3.63) is 72.2 Å². The highest BCUT2D eigenvalue weighted by molar-refractivity contribution is 7.89. The summed E-state index contributed by atoms with van der Waals surface area (Å²) in [5.74, 6) is -0.0369. The van der Waals surface area contributed by atoms with Crippen molar-refractivity contribution in [1.82, 2.24) is 28.9 Å². The fourth-order valence-electron chi connectivity index (χ4n) is 5.40.